The number of hydrogen-bond donors (Lipinski definition) is 2. The fourth-order valence-electron chi connectivity index (χ4n) is 3.04. The van der Waals surface area contributed by atoms with Crippen LogP contribution in [0.25, 0.3) is 0 Å². The van der Waals surface area contributed by atoms with Gasteiger partial charge in [0.2, 0.25) is 0 Å². The van der Waals surface area contributed by atoms with Crippen molar-refractivity contribution in [1.82, 2.24) is 0 Å². The van der Waals surface area contributed by atoms with Crippen molar-refractivity contribution in [2.75, 3.05) is 35.7 Å². The second-order valence-electron chi connectivity index (χ2n) is 6.60. The molecule has 2 rings (SSSR count). The molecule has 0 aromatic heterocycles. The molecule has 2 aromatic carbocycles. The largest absolute Gasteiger partial charge is 0.465 e. The molecule has 0 unspecified atom stereocenters. The number of anilines is 3. The molecule has 0 radical (unpaired) electrons. The van der Waals surface area contributed by atoms with Gasteiger partial charge in [0, 0.05) is 18.8 Å². The van der Waals surface area contributed by atoms with E-state index in [2.05, 4.69) is 29.4 Å². The Kier molecular flexibility index (Phi) is 8.26. The molecule has 0 saturated carbocycles. The van der Waals surface area contributed by atoms with Crippen LogP contribution in [0, 0.1) is 6.92 Å². The maximum Gasteiger partial charge on any atom is 0.337 e. The highest BCUT2D eigenvalue weighted by atomic mass is 32.1. The van der Waals surface area contributed by atoms with Gasteiger partial charge in [0.15, 0.2) is 5.11 Å². The summed E-state index contributed by atoms with van der Waals surface area (Å²) >= 11 is 5.53. The molecular weight excluding hydrogens is 370 g/mol. The summed E-state index contributed by atoms with van der Waals surface area (Å²) in [7, 11) is 1.38. The maximum atomic E-state index is 12.0. The maximum absolute atomic E-state index is 12.0. The lowest BCUT2D eigenvalue weighted by atomic mass is 10.1. The summed E-state index contributed by atoms with van der Waals surface area (Å²) in [4.78, 5) is 14.3. The Morgan fingerprint density at radius 2 is 1.68 bits per heavy atom. The van der Waals surface area contributed by atoms with E-state index in [9.17, 15) is 4.79 Å². The first kappa shape index (κ1) is 21.7. The standard InChI is InChI=1S/C22H29N3O2S/c1-5-13-25(14-6-2)20-12-11-17(21(26)27-4)15-19(20)24-22(28)23-18-10-8-7-9-16(18)3/h7-12,15H,5-6,13-14H2,1-4H3,(H2,23,24,28). The number of methoxy groups -OCH3 is 1. The Hall–Kier alpha value is -2.60. The lowest BCUT2D eigenvalue weighted by Crippen LogP contribution is -2.28. The van der Waals surface area contributed by atoms with Gasteiger partial charge in [-0.05, 0) is 61.8 Å². The lowest BCUT2D eigenvalue weighted by Gasteiger charge is -2.27. The van der Waals surface area contributed by atoms with Crippen molar-refractivity contribution in [3.8, 4) is 0 Å². The van der Waals surface area contributed by atoms with Crippen LogP contribution in [-0.2, 0) is 4.74 Å². The Labute approximate surface area is 173 Å². The summed E-state index contributed by atoms with van der Waals surface area (Å²) in [6.45, 7) is 8.19. The van der Waals surface area contributed by atoms with Crippen LogP contribution in [0.15, 0.2) is 42.5 Å². The smallest absolute Gasteiger partial charge is 0.337 e. The Bertz CT molecular complexity index is 817. The van der Waals surface area contributed by atoms with Crippen molar-refractivity contribution in [3.63, 3.8) is 0 Å². The van der Waals surface area contributed by atoms with E-state index < -0.39 is 0 Å². The van der Waals surface area contributed by atoms with Gasteiger partial charge in [-0.1, -0.05) is 32.0 Å². The third kappa shape index (κ3) is 5.70. The van der Waals surface area contributed by atoms with Gasteiger partial charge in [-0.15, -0.1) is 0 Å². The number of carbonyl (C=O) groups is 1. The summed E-state index contributed by atoms with van der Waals surface area (Å²) in [6.07, 6.45) is 2.06. The van der Waals surface area contributed by atoms with Gasteiger partial charge in [0.05, 0.1) is 24.0 Å². The third-order valence-electron chi connectivity index (χ3n) is 4.39. The van der Waals surface area contributed by atoms with Crippen LogP contribution in [0.5, 0.6) is 0 Å². The van der Waals surface area contributed by atoms with E-state index >= 15 is 0 Å². The van der Waals surface area contributed by atoms with Crippen LogP contribution in [0.4, 0.5) is 17.1 Å². The molecule has 2 aromatic rings. The highest BCUT2D eigenvalue weighted by Crippen LogP contribution is 2.29. The molecule has 0 spiro atoms. The molecule has 0 aliphatic carbocycles. The normalized spacial score (nSPS) is 10.3. The number of nitrogens with one attached hydrogen (secondary N) is 2. The zero-order valence-electron chi connectivity index (χ0n) is 17.0. The van der Waals surface area contributed by atoms with Crippen molar-refractivity contribution in [1.29, 1.82) is 0 Å². The molecule has 0 atom stereocenters. The minimum Gasteiger partial charge on any atom is -0.465 e. The Morgan fingerprint density at radius 3 is 2.29 bits per heavy atom. The number of esters is 1. The summed E-state index contributed by atoms with van der Waals surface area (Å²) in [6, 6.07) is 13.5. The van der Waals surface area contributed by atoms with Gasteiger partial charge in [-0.25, -0.2) is 4.79 Å². The van der Waals surface area contributed by atoms with Gasteiger partial charge >= 0.3 is 5.97 Å². The van der Waals surface area contributed by atoms with Crippen LogP contribution in [0.3, 0.4) is 0 Å². The number of thiocarbonyl (C=S) groups is 1. The molecule has 0 bridgehead atoms. The van der Waals surface area contributed by atoms with E-state index in [0.29, 0.717) is 10.7 Å². The molecular formula is C22H29N3O2S. The zero-order valence-corrected chi connectivity index (χ0v) is 17.9. The van der Waals surface area contributed by atoms with Gasteiger partial charge in [0.1, 0.15) is 0 Å². The fourth-order valence-corrected chi connectivity index (χ4v) is 3.26. The summed E-state index contributed by atoms with van der Waals surface area (Å²) in [5, 5.41) is 6.99. The third-order valence-corrected chi connectivity index (χ3v) is 4.59. The highest BCUT2D eigenvalue weighted by molar-refractivity contribution is 7.80. The molecule has 0 amide bonds. The van der Waals surface area contributed by atoms with Crippen LogP contribution in [0.2, 0.25) is 0 Å². The molecule has 6 heteroatoms. The number of hydrogen-bond acceptors (Lipinski definition) is 4. The molecule has 28 heavy (non-hydrogen) atoms. The van der Waals surface area contributed by atoms with Gasteiger partial charge < -0.3 is 20.3 Å². The van der Waals surface area contributed by atoms with Crippen molar-refractivity contribution in [2.45, 2.75) is 33.6 Å². The van der Waals surface area contributed by atoms with Crippen molar-refractivity contribution in [2.24, 2.45) is 0 Å². The average molecular weight is 400 g/mol. The van der Waals surface area contributed by atoms with E-state index in [1.165, 1.54) is 7.11 Å². The van der Waals surface area contributed by atoms with E-state index in [-0.39, 0.29) is 5.97 Å². The topological polar surface area (TPSA) is 53.6 Å². The first-order valence-electron chi connectivity index (χ1n) is 9.61. The van der Waals surface area contributed by atoms with E-state index in [4.69, 9.17) is 17.0 Å². The van der Waals surface area contributed by atoms with Crippen LogP contribution >= 0.6 is 12.2 Å². The minimum atomic E-state index is -0.370. The number of para-hydroxylation sites is 1. The summed E-state index contributed by atoms with van der Waals surface area (Å²) < 4.78 is 4.87. The number of ether oxygens (including phenoxy) is 1. The SMILES string of the molecule is CCCN(CCC)c1ccc(C(=O)OC)cc1NC(=S)Nc1ccccc1C. The fraction of sp³-hybridized carbons (Fsp3) is 0.364. The first-order valence-corrected chi connectivity index (χ1v) is 10.0. The molecule has 0 heterocycles. The van der Waals surface area contributed by atoms with Crippen molar-refractivity contribution < 1.29 is 9.53 Å². The summed E-state index contributed by atoms with van der Waals surface area (Å²) in [5.41, 5.74) is 4.35. The van der Waals surface area contributed by atoms with Gasteiger partial charge in [-0.2, -0.15) is 0 Å². The lowest BCUT2D eigenvalue weighted by molar-refractivity contribution is 0.0601. The molecule has 0 aliphatic rings. The quantitative estimate of drug-likeness (QED) is 0.469. The predicted octanol–water partition coefficient (Wildman–Crippen LogP) is 5.22. The molecule has 0 aliphatic heterocycles. The van der Waals surface area contributed by atoms with Crippen LogP contribution < -0.4 is 15.5 Å². The minimum absolute atomic E-state index is 0.370. The van der Waals surface area contributed by atoms with Gasteiger partial charge in [-0.3, -0.25) is 0 Å². The predicted molar refractivity (Wildman–Crippen MR) is 122 cm³/mol. The van der Waals surface area contributed by atoms with Crippen LogP contribution in [-0.4, -0.2) is 31.3 Å². The highest BCUT2D eigenvalue weighted by Gasteiger charge is 2.15. The monoisotopic (exact) mass is 399 g/mol. The number of rotatable bonds is 8. The number of benzene rings is 2. The molecule has 0 fully saturated rings. The van der Waals surface area contributed by atoms with Crippen LogP contribution in [0.1, 0.15) is 42.6 Å². The molecule has 0 saturated heterocycles. The Balaban J connectivity index is 2.33. The van der Waals surface area contributed by atoms with E-state index in [1.54, 1.807) is 12.1 Å². The number of carbonyl (C=O) groups excluding carboxylic acids is 1. The molecule has 2 N–H and O–H groups in total. The second kappa shape index (κ2) is 10.7. The molecule has 150 valence electrons. The van der Waals surface area contributed by atoms with Crippen molar-refractivity contribution >= 4 is 40.4 Å². The Morgan fingerprint density at radius 1 is 1.04 bits per heavy atom. The zero-order chi connectivity index (χ0) is 20.5. The second-order valence-corrected chi connectivity index (χ2v) is 7.01. The van der Waals surface area contributed by atoms with Crippen molar-refractivity contribution in [3.05, 3.63) is 53.6 Å². The number of aryl methyl sites for hydroxylation is 1. The summed E-state index contributed by atoms with van der Waals surface area (Å²) in [5.74, 6) is -0.370. The van der Waals surface area contributed by atoms with E-state index in [1.807, 2.05) is 37.3 Å². The number of nitrogens with zero attached hydrogens (tertiary/aromatic N) is 1. The average Bonchev–Trinajstić information content (AvgIpc) is 2.69. The van der Waals surface area contributed by atoms with Gasteiger partial charge in [0.25, 0.3) is 0 Å². The van der Waals surface area contributed by atoms with E-state index in [0.717, 1.165) is 48.6 Å². The molecule has 5 nitrogen and oxygen atoms in total. The first-order chi connectivity index (χ1) is 13.5.